The first-order valence-electron chi connectivity index (χ1n) is 8.60. The highest BCUT2D eigenvalue weighted by molar-refractivity contribution is 6.11. The van der Waals surface area contributed by atoms with Gasteiger partial charge in [0.25, 0.3) is 0 Å². The molecule has 0 spiro atoms. The second kappa shape index (κ2) is 8.27. The average molecular weight is 365 g/mol. The zero-order chi connectivity index (χ0) is 19.2. The molecule has 7 heteroatoms. The maximum Gasteiger partial charge on any atom is 0.341 e. The minimum absolute atomic E-state index is 0.0923. The van der Waals surface area contributed by atoms with Crippen molar-refractivity contribution in [2.24, 2.45) is 0 Å². The number of H-pyrrole nitrogens is 1. The number of hydrogen-bond acceptors (Lipinski definition) is 6. The predicted molar refractivity (Wildman–Crippen MR) is 99.2 cm³/mol. The molecule has 0 fully saturated rings. The molecule has 0 unspecified atom stereocenters. The van der Waals surface area contributed by atoms with Crippen LogP contribution in [0.4, 0.5) is 0 Å². The van der Waals surface area contributed by atoms with Crippen LogP contribution in [0.5, 0.6) is 0 Å². The Morgan fingerprint density at radius 1 is 0.815 bits per heavy atom. The Bertz CT molecular complexity index is 861. The van der Waals surface area contributed by atoms with Gasteiger partial charge in [-0.1, -0.05) is 12.1 Å². The number of aromatic amines is 1. The Hall–Kier alpha value is -3.48. The van der Waals surface area contributed by atoms with Gasteiger partial charge >= 0.3 is 11.9 Å². The van der Waals surface area contributed by atoms with Crippen LogP contribution in [0.2, 0.25) is 0 Å². The van der Waals surface area contributed by atoms with Crippen molar-refractivity contribution in [1.82, 2.24) is 15.0 Å². The molecule has 0 aliphatic heterocycles. The summed E-state index contributed by atoms with van der Waals surface area (Å²) in [5.74, 6) is -1.25. The molecule has 0 radical (unpaired) electrons. The topological polar surface area (TPSA) is 94.2 Å². The number of aromatic nitrogens is 3. The monoisotopic (exact) mass is 365 g/mol. The first kappa shape index (κ1) is 18.3. The van der Waals surface area contributed by atoms with Gasteiger partial charge in [-0.25, -0.2) is 9.59 Å². The summed E-state index contributed by atoms with van der Waals surface area (Å²) in [5, 5.41) is 0. The van der Waals surface area contributed by atoms with Crippen LogP contribution in [-0.4, -0.2) is 40.1 Å². The van der Waals surface area contributed by atoms with Crippen molar-refractivity contribution in [2.75, 3.05) is 13.2 Å². The van der Waals surface area contributed by atoms with Crippen molar-refractivity contribution in [1.29, 1.82) is 0 Å². The van der Waals surface area contributed by atoms with Crippen LogP contribution in [-0.2, 0) is 9.47 Å². The third-order valence-corrected chi connectivity index (χ3v) is 3.80. The summed E-state index contributed by atoms with van der Waals surface area (Å²) >= 11 is 0. The fraction of sp³-hybridized carbons (Fsp3) is 0.200. The Balaban J connectivity index is 2.30. The molecule has 0 aliphatic rings. The van der Waals surface area contributed by atoms with Gasteiger partial charge < -0.3 is 14.5 Å². The molecule has 3 aromatic heterocycles. The summed E-state index contributed by atoms with van der Waals surface area (Å²) in [6.45, 7) is 3.75. The summed E-state index contributed by atoms with van der Waals surface area (Å²) in [7, 11) is 0. The van der Waals surface area contributed by atoms with Crippen LogP contribution in [0.25, 0.3) is 22.8 Å². The van der Waals surface area contributed by atoms with Crippen LogP contribution in [0.3, 0.4) is 0 Å². The lowest BCUT2D eigenvalue weighted by Gasteiger charge is -2.07. The molecular formula is C20H19N3O4. The Kier molecular flexibility index (Phi) is 5.61. The normalized spacial score (nSPS) is 10.4. The number of esters is 2. The first-order valence-corrected chi connectivity index (χ1v) is 8.60. The summed E-state index contributed by atoms with van der Waals surface area (Å²) < 4.78 is 10.4. The first-order chi connectivity index (χ1) is 13.2. The van der Waals surface area contributed by atoms with E-state index in [1.807, 2.05) is 0 Å². The van der Waals surface area contributed by atoms with E-state index in [2.05, 4.69) is 15.0 Å². The largest absolute Gasteiger partial charge is 0.462 e. The van der Waals surface area contributed by atoms with Crippen molar-refractivity contribution in [3.8, 4) is 22.8 Å². The second-order valence-electron chi connectivity index (χ2n) is 5.50. The van der Waals surface area contributed by atoms with Crippen LogP contribution in [0.1, 0.15) is 34.6 Å². The minimum Gasteiger partial charge on any atom is -0.462 e. The van der Waals surface area contributed by atoms with Gasteiger partial charge in [0.2, 0.25) is 0 Å². The number of ether oxygens (including phenoxy) is 2. The molecule has 138 valence electrons. The quantitative estimate of drug-likeness (QED) is 0.672. The van der Waals surface area contributed by atoms with E-state index in [9.17, 15) is 9.59 Å². The SMILES string of the molecule is CCOC(=O)c1c(-c2ccccn2)[nH]c(-c2ccccn2)c1C(=O)OCC. The molecule has 0 saturated carbocycles. The smallest absolute Gasteiger partial charge is 0.341 e. The molecule has 3 heterocycles. The molecule has 0 aromatic carbocycles. The number of nitrogens with zero attached hydrogens (tertiary/aromatic N) is 2. The second-order valence-corrected chi connectivity index (χ2v) is 5.50. The van der Waals surface area contributed by atoms with Gasteiger partial charge in [-0.15, -0.1) is 0 Å². The van der Waals surface area contributed by atoms with Gasteiger partial charge in [0, 0.05) is 12.4 Å². The minimum atomic E-state index is -0.625. The Labute approximate surface area is 156 Å². The Morgan fingerprint density at radius 2 is 1.26 bits per heavy atom. The van der Waals surface area contributed by atoms with Crippen molar-refractivity contribution >= 4 is 11.9 Å². The van der Waals surface area contributed by atoms with Crippen molar-refractivity contribution in [2.45, 2.75) is 13.8 Å². The van der Waals surface area contributed by atoms with E-state index in [0.717, 1.165) is 0 Å². The molecule has 3 aromatic rings. The van der Waals surface area contributed by atoms with Gasteiger partial charge in [0.05, 0.1) is 36.0 Å². The van der Waals surface area contributed by atoms with E-state index < -0.39 is 11.9 Å². The van der Waals surface area contributed by atoms with E-state index in [1.165, 1.54) is 0 Å². The highest BCUT2D eigenvalue weighted by Gasteiger charge is 2.31. The summed E-state index contributed by atoms with van der Waals surface area (Å²) in [4.78, 5) is 37.2. The molecule has 0 saturated heterocycles. The van der Waals surface area contributed by atoms with Crippen molar-refractivity contribution < 1.29 is 19.1 Å². The van der Waals surface area contributed by atoms with Crippen molar-refractivity contribution in [3.05, 3.63) is 59.9 Å². The molecule has 0 atom stereocenters. The zero-order valence-electron chi connectivity index (χ0n) is 15.1. The highest BCUT2D eigenvalue weighted by atomic mass is 16.5. The van der Waals surface area contributed by atoms with Gasteiger partial charge in [-0.2, -0.15) is 0 Å². The van der Waals surface area contributed by atoms with Crippen molar-refractivity contribution in [3.63, 3.8) is 0 Å². The van der Waals surface area contributed by atoms with Crippen LogP contribution < -0.4 is 0 Å². The molecule has 0 amide bonds. The molecule has 7 nitrogen and oxygen atoms in total. The lowest BCUT2D eigenvalue weighted by molar-refractivity contribution is 0.0481. The van der Waals surface area contributed by atoms with Crippen LogP contribution in [0.15, 0.2) is 48.8 Å². The lowest BCUT2D eigenvalue weighted by Crippen LogP contribution is -2.14. The molecule has 3 rings (SSSR count). The van der Waals surface area contributed by atoms with Crippen LogP contribution >= 0.6 is 0 Å². The van der Waals surface area contributed by atoms with E-state index in [-0.39, 0.29) is 24.3 Å². The van der Waals surface area contributed by atoms with Gasteiger partial charge in [0.15, 0.2) is 0 Å². The number of carbonyl (C=O) groups is 2. The number of carbonyl (C=O) groups excluding carboxylic acids is 2. The highest BCUT2D eigenvalue weighted by Crippen LogP contribution is 2.33. The maximum atomic E-state index is 12.7. The fourth-order valence-electron chi connectivity index (χ4n) is 2.72. The standard InChI is InChI=1S/C20H19N3O4/c1-3-26-19(24)15-16(20(25)27-4-2)18(14-10-6-8-12-22-14)23-17(15)13-9-5-7-11-21-13/h5-12,23H,3-4H2,1-2H3. The number of rotatable bonds is 6. The Morgan fingerprint density at radius 3 is 1.59 bits per heavy atom. The summed E-state index contributed by atoms with van der Waals surface area (Å²) in [6, 6.07) is 10.6. The lowest BCUT2D eigenvalue weighted by atomic mass is 10.0. The fourth-order valence-corrected chi connectivity index (χ4v) is 2.72. The summed E-state index contributed by atoms with van der Waals surface area (Å²) in [6.07, 6.45) is 3.21. The van der Waals surface area contributed by atoms with E-state index in [4.69, 9.17) is 9.47 Å². The van der Waals surface area contributed by atoms with Crippen LogP contribution in [0, 0.1) is 0 Å². The molecule has 1 N–H and O–H groups in total. The molecule has 0 aliphatic carbocycles. The number of nitrogens with one attached hydrogen (secondary N) is 1. The van der Waals surface area contributed by atoms with Gasteiger partial charge in [0.1, 0.15) is 11.1 Å². The van der Waals surface area contributed by atoms with E-state index >= 15 is 0 Å². The summed E-state index contributed by atoms with van der Waals surface area (Å²) in [5.41, 5.74) is 1.97. The number of hydrogen-bond donors (Lipinski definition) is 1. The maximum absolute atomic E-state index is 12.7. The zero-order valence-corrected chi connectivity index (χ0v) is 15.1. The average Bonchev–Trinajstić information content (AvgIpc) is 3.10. The van der Waals surface area contributed by atoms with Gasteiger partial charge in [-0.05, 0) is 38.1 Å². The predicted octanol–water partition coefficient (Wildman–Crippen LogP) is 3.49. The third kappa shape index (κ3) is 3.72. The van der Waals surface area contributed by atoms with E-state index in [1.54, 1.807) is 62.6 Å². The number of pyridine rings is 2. The van der Waals surface area contributed by atoms with Gasteiger partial charge in [-0.3, -0.25) is 9.97 Å². The van der Waals surface area contributed by atoms with E-state index in [0.29, 0.717) is 22.8 Å². The third-order valence-electron chi connectivity index (χ3n) is 3.80. The molecule has 0 bridgehead atoms. The molecule has 27 heavy (non-hydrogen) atoms. The molecular weight excluding hydrogens is 346 g/mol.